The second-order valence-corrected chi connectivity index (χ2v) is 8.86. The van der Waals surface area contributed by atoms with Crippen molar-refractivity contribution in [1.29, 1.82) is 0 Å². The van der Waals surface area contributed by atoms with Gasteiger partial charge in [0, 0.05) is 10.7 Å². The minimum Gasteiger partial charge on any atom is -0.369 e. The van der Waals surface area contributed by atoms with E-state index in [4.69, 9.17) is 5.73 Å². The largest absolute Gasteiger partial charge is 0.369 e. The Morgan fingerprint density at radius 2 is 2.14 bits per heavy atom. The molecule has 21 heavy (non-hydrogen) atoms. The van der Waals surface area contributed by atoms with Gasteiger partial charge in [0.05, 0.1) is 23.0 Å². The standard InChI is InChI=1S/C14H18BrN3O2S/c1-21(19,20)12-7-4-8-14(12)9-17-13(16)18(14)11-6-3-2-5-10(11)15/h2-3,5-6,12H,4,7-9H2,1H3,(H2,16,17). The van der Waals surface area contributed by atoms with E-state index >= 15 is 0 Å². The van der Waals surface area contributed by atoms with Crippen LogP contribution in [0.2, 0.25) is 0 Å². The fourth-order valence-electron chi connectivity index (χ4n) is 3.66. The van der Waals surface area contributed by atoms with Gasteiger partial charge in [0.2, 0.25) is 0 Å². The fraction of sp³-hybridized carbons (Fsp3) is 0.500. The summed E-state index contributed by atoms with van der Waals surface area (Å²) in [6.45, 7) is 0.442. The first-order valence-electron chi connectivity index (χ1n) is 6.90. The third kappa shape index (κ3) is 2.26. The van der Waals surface area contributed by atoms with Gasteiger partial charge in [-0.25, -0.2) is 8.42 Å². The average Bonchev–Trinajstić information content (AvgIpc) is 2.96. The molecular weight excluding hydrogens is 354 g/mol. The summed E-state index contributed by atoms with van der Waals surface area (Å²) >= 11 is 3.53. The molecule has 0 amide bonds. The van der Waals surface area contributed by atoms with Crippen molar-refractivity contribution in [3.63, 3.8) is 0 Å². The topological polar surface area (TPSA) is 75.8 Å². The molecule has 0 radical (unpaired) electrons. The summed E-state index contributed by atoms with van der Waals surface area (Å²) in [5.41, 5.74) is 6.44. The molecule has 0 aromatic heterocycles. The molecule has 114 valence electrons. The van der Waals surface area contributed by atoms with Crippen molar-refractivity contribution in [3.05, 3.63) is 28.7 Å². The molecule has 1 aromatic carbocycles. The van der Waals surface area contributed by atoms with Gasteiger partial charge in [-0.15, -0.1) is 0 Å². The van der Waals surface area contributed by atoms with Crippen molar-refractivity contribution >= 4 is 37.4 Å². The van der Waals surface area contributed by atoms with Crippen LogP contribution >= 0.6 is 15.9 Å². The van der Waals surface area contributed by atoms with E-state index in [0.29, 0.717) is 18.9 Å². The van der Waals surface area contributed by atoms with Crippen LogP contribution in [-0.2, 0) is 9.84 Å². The van der Waals surface area contributed by atoms with E-state index in [0.717, 1.165) is 23.0 Å². The lowest BCUT2D eigenvalue weighted by Gasteiger charge is -2.40. The predicted octanol–water partition coefficient (Wildman–Crippen LogP) is 1.92. The number of halogens is 1. The number of hydrogen-bond donors (Lipinski definition) is 1. The molecule has 1 spiro atoms. The zero-order valence-corrected chi connectivity index (χ0v) is 14.2. The monoisotopic (exact) mass is 371 g/mol. The van der Waals surface area contributed by atoms with Crippen LogP contribution < -0.4 is 10.6 Å². The first-order chi connectivity index (χ1) is 9.86. The maximum absolute atomic E-state index is 12.2. The molecule has 2 atom stereocenters. The van der Waals surface area contributed by atoms with Gasteiger partial charge in [0.25, 0.3) is 0 Å². The highest BCUT2D eigenvalue weighted by molar-refractivity contribution is 9.10. The Hall–Kier alpha value is -1.08. The number of nitrogens with two attached hydrogens (primary N) is 1. The van der Waals surface area contributed by atoms with Crippen molar-refractivity contribution in [2.24, 2.45) is 10.7 Å². The van der Waals surface area contributed by atoms with E-state index < -0.39 is 20.6 Å². The third-order valence-electron chi connectivity index (χ3n) is 4.47. The van der Waals surface area contributed by atoms with E-state index in [-0.39, 0.29) is 0 Å². The minimum absolute atomic E-state index is 0.400. The van der Waals surface area contributed by atoms with E-state index in [9.17, 15) is 8.42 Å². The van der Waals surface area contributed by atoms with Crippen molar-refractivity contribution < 1.29 is 8.42 Å². The molecule has 7 heteroatoms. The molecule has 2 N–H and O–H groups in total. The van der Waals surface area contributed by atoms with Crippen LogP contribution in [0.4, 0.5) is 5.69 Å². The molecule has 1 aliphatic heterocycles. The van der Waals surface area contributed by atoms with Crippen molar-refractivity contribution in [3.8, 4) is 0 Å². The number of sulfone groups is 1. The number of guanidine groups is 1. The number of aliphatic imine (C=N–C) groups is 1. The lowest BCUT2D eigenvalue weighted by Crippen LogP contribution is -2.58. The van der Waals surface area contributed by atoms with Gasteiger partial charge >= 0.3 is 0 Å². The van der Waals surface area contributed by atoms with Crippen LogP contribution in [0.3, 0.4) is 0 Å². The van der Waals surface area contributed by atoms with Crippen LogP contribution in [0.1, 0.15) is 19.3 Å². The summed E-state index contributed by atoms with van der Waals surface area (Å²) in [6.07, 6.45) is 3.65. The number of para-hydroxylation sites is 1. The lowest BCUT2D eigenvalue weighted by atomic mass is 9.95. The smallest absolute Gasteiger partial charge is 0.196 e. The van der Waals surface area contributed by atoms with Gasteiger partial charge in [-0.1, -0.05) is 12.1 Å². The molecule has 1 aliphatic carbocycles. The minimum atomic E-state index is -3.16. The first-order valence-corrected chi connectivity index (χ1v) is 9.64. The van der Waals surface area contributed by atoms with Crippen LogP contribution in [0.15, 0.2) is 33.7 Å². The van der Waals surface area contributed by atoms with Crippen LogP contribution in [0.5, 0.6) is 0 Å². The Kier molecular flexibility index (Phi) is 3.52. The summed E-state index contributed by atoms with van der Waals surface area (Å²) in [5.74, 6) is 0.400. The maximum atomic E-state index is 12.2. The van der Waals surface area contributed by atoms with Crippen LogP contribution in [0, 0.1) is 0 Å². The van der Waals surface area contributed by atoms with Gasteiger partial charge in [0.1, 0.15) is 0 Å². The van der Waals surface area contributed by atoms with E-state index in [1.165, 1.54) is 6.26 Å². The maximum Gasteiger partial charge on any atom is 0.196 e. The predicted molar refractivity (Wildman–Crippen MR) is 88.3 cm³/mol. The molecule has 0 bridgehead atoms. The zero-order valence-electron chi connectivity index (χ0n) is 11.8. The molecule has 1 saturated carbocycles. The summed E-state index contributed by atoms with van der Waals surface area (Å²) < 4.78 is 25.4. The Balaban J connectivity index is 2.13. The number of rotatable bonds is 2. The highest BCUT2D eigenvalue weighted by atomic mass is 79.9. The van der Waals surface area contributed by atoms with Gasteiger partial charge in [-0.3, -0.25) is 4.99 Å². The molecule has 1 aromatic rings. The number of hydrogen-bond acceptors (Lipinski definition) is 5. The van der Waals surface area contributed by atoms with E-state index in [1.54, 1.807) is 0 Å². The molecular formula is C14H18BrN3O2S. The number of benzene rings is 1. The second kappa shape index (κ2) is 4.98. The van der Waals surface area contributed by atoms with Crippen molar-refractivity contribution in [2.45, 2.75) is 30.1 Å². The lowest BCUT2D eigenvalue weighted by molar-refractivity contribution is 0.461. The second-order valence-electron chi connectivity index (χ2n) is 5.78. The zero-order chi connectivity index (χ0) is 15.3. The van der Waals surface area contributed by atoms with Crippen molar-refractivity contribution in [1.82, 2.24) is 0 Å². The quantitative estimate of drug-likeness (QED) is 0.861. The molecule has 2 aliphatic rings. The normalized spacial score (nSPS) is 29.1. The summed E-state index contributed by atoms with van der Waals surface area (Å²) in [6, 6.07) is 7.71. The first kappa shape index (κ1) is 14.8. The number of anilines is 1. The van der Waals surface area contributed by atoms with Crippen LogP contribution in [0.25, 0.3) is 0 Å². The van der Waals surface area contributed by atoms with Crippen LogP contribution in [-0.4, -0.2) is 38.0 Å². The molecule has 2 unspecified atom stereocenters. The van der Waals surface area contributed by atoms with E-state index in [1.807, 2.05) is 29.2 Å². The SMILES string of the molecule is CS(=O)(=O)C1CCCC12CN=C(N)N2c1ccccc1Br. The Morgan fingerprint density at radius 3 is 2.81 bits per heavy atom. The highest BCUT2D eigenvalue weighted by Gasteiger charge is 2.55. The van der Waals surface area contributed by atoms with E-state index in [2.05, 4.69) is 20.9 Å². The summed E-state index contributed by atoms with van der Waals surface area (Å²) in [7, 11) is -3.16. The Morgan fingerprint density at radius 1 is 1.43 bits per heavy atom. The number of nitrogens with zero attached hydrogens (tertiary/aromatic N) is 2. The fourth-order valence-corrected chi connectivity index (χ4v) is 5.81. The van der Waals surface area contributed by atoms with Gasteiger partial charge in [-0.05, 0) is 47.3 Å². The van der Waals surface area contributed by atoms with Gasteiger partial charge < -0.3 is 10.6 Å². The van der Waals surface area contributed by atoms with Crippen molar-refractivity contribution in [2.75, 3.05) is 17.7 Å². The summed E-state index contributed by atoms with van der Waals surface area (Å²) in [4.78, 5) is 6.30. The van der Waals surface area contributed by atoms with Gasteiger partial charge in [-0.2, -0.15) is 0 Å². The molecule has 1 fully saturated rings. The summed E-state index contributed by atoms with van der Waals surface area (Å²) in [5, 5.41) is -0.429. The molecule has 3 rings (SSSR count). The molecule has 0 saturated heterocycles. The molecule has 1 heterocycles. The highest BCUT2D eigenvalue weighted by Crippen LogP contribution is 2.45. The Bertz CT molecular complexity index is 704. The molecule has 5 nitrogen and oxygen atoms in total. The van der Waals surface area contributed by atoms with Gasteiger partial charge in [0.15, 0.2) is 15.8 Å². The third-order valence-corrected chi connectivity index (χ3v) is 6.85. The Labute approximate surface area is 133 Å². The average molecular weight is 372 g/mol.